The Hall–Kier alpha value is -0.450. The van der Waals surface area contributed by atoms with E-state index in [0.717, 1.165) is 29.3 Å². The second-order valence-electron chi connectivity index (χ2n) is 4.18. The SMILES string of the molecule is NC1CCCC1OCc1cc(F)ccc1Br. The van der Waals surface area contributed by atoms with E-state index in [0.29, 0.717) is 6.61 Å². The molecule has 1 aromatic carbocycles. The molecule has 1 aliphatic carbocycles. The minimum Gasteiger partial charge on any atom is -0.372 e. The predicted molar refractivity (Wildman–Crippen MR) is 64.5 cm³/mol. The molecule has 1 aromatic rings. The van der Waals surface area contributed by atoms with Gasteiger partial charge in [-0.25, -0.2) is 4.39 Å². The molecule has 0 heterocycles. The molecule has 0 amide bonds. The van der Waals surface area contributed by atoms with Crippen LogP contribution in [0.2, 0.25) is 0 Å². The number of hydrogen-bond donors (Lipinski definition) is 1. The molecular weight excluding hydrogens is 273 g/mol. The lowest BCUT2D eigenvalue weighted by Crippen LogP contribution is -2.31. The van der Waals surface area contributed by atoms with Gasteiger partial charge in [0.15, 0.2) is 0 Å². The third-order valence-corrected chi connectivity index (χ3v) is 3.74. The first kappa shape index (κ1) is 12.0. The van der Waals surface area contributed by atoms with E-state index in [9.17, 15) is 4.39 Å². The van der Waals surface area contributed by atoms with Crippen LogP contribution < -0.4 is 5.73 Å². The van der Waals surface area contributed by atoms with Crippen molar-refractivity contribution in [2.75, 3.05) is 0 Å². The summed E-state index contributed by atoms with van der Waals surface area (Å²) in [5.74, 6) is -0.238. The minimum absolute atomic E-state index is 0.121. The normalized spacial score (nSPS) is 24.9. The first-order valence-corrected chi connectivity index (χ1v) is 6.27. The van der Waals surface area contributed by atoms with Crippen LogP contribution in [0, 0.1) is 5.82 Å². The van der Waals surface area contributed by atoms with Crippen LogP contribution in [0.25, 0.3) is 0 Å². The maximum absolute atomic E-state index is 13.0. The van der Waals surface area contributed by atoms with Crippen molar-refractivity contribution in [2.45, 2.75) is 38.0 Å². The van der Waals surface area contributed by atoms with Gasteiger partial charge < -0.3 is 10.5 Å². The summed E-state index contributed by atoms with van der Waals surface area (Å²) in [5, 5.41) is 0. The lowest BCUT2D eigenvalue weighted by atomic mass is 10.2. The molecule has 2 N–H and O–H groups in total. The summed E-state index contributed by atoms with van der Waals surface area (Å²) < 4.78 is 19.6. The highest BCUT2D eigenvalue weighted by Gasteiger charge is 2.24. The quantitative estimate of drug-likeness (QED) is 0.928. The largest absolute Gasteiger partial charge is 0.372 e. The van der Waals surface area contributed by atoms with Gasteiger partial charge in [0.1, 0.15) is 5.82 Å². The Morgan fingerprint density at radius 1 is 1.44 bits per heavy atom. The molecule has 0 spiro atoms. The van der Waals surface area contributed by atoms with Gasteiger partial charge in [-0.2, -0.15) is 0 Å². The van der Waals surface area contributed by atoms with E-state index in [-0.39, 0.29) is 18.0 Å². The summed E-state index contributed by atoms with van der Waals surface area (Å²) in [5.41, 5.74) is 6.73. The molecule has 0 radical (unpaired) electrons. The zero-order valence-electron chi connectivity index (χ0n) is 8.96. The summed E-state index contributed by atoms with van der Waals surface area (Å²) in [6.07, 6.45) is 3.27. The fourth-order valence-corrected chi connectivity index (χ4v) is 2.37. The number of rotatable bonds is 3. The van der Waals surface area contributed by atoms with Crippen molar-refractivity contribution >= 4 is 15.9 Å². The molecule has 88 valence electrons. The Labute approximate surface area is 103 Å². The van der Waals surface area contributed by atoms with Crippen LogP contribution in [0.4, 0.5) is 4.39 Å². The van der Waals surface area contributed by atoms with Crippen molar-refractivity contribution < 1.29 is 9.13 Å². The molecule has 0 aromatic heterocycles. The summed E-state index contributed by atoms with van der Waals surface area (Å²) in [6, 6.07) is 4.74. The Kier molecular flexibility index (Phi) is 3.95. The van der Waals surface area contributed by atoms with E-state index in [1.807, 2.05) is 0 Å². The van der Waals surface area contributed by atoms with E-state index in [1.165, 1.54) is 12.1 Å². The molecule has 1 aliphatic rings. The first-order chi connectivity index (χ1) is 7.66. The Morgan fingerprint density at radius 3 is 2.94 bits per heavy atom. The molecular formula is C12H15BrFNO. The van der Waals surface area contributed by atoms with Gasteiger partial charge in [-0.15, -0.1) is 0 Å². The lowest BCUT2D eigenvalue weighted by molar-refractivity contribution is 0.0353. The molecule has 2 nitrogen and oxygen atoms in total. The highest BCUT2D eigenvalue weighted by molar-refractivity contribution is 9.10. The molecule has 2 rings (SSSR count). The summed E-state index contributed by atoms with van der Waals surface area (Å²) >= 11 is 3.38. The minimum atomic E-state index is -0.238. The van der Waals surface area contributed by atoms with E-state index in [4.69, 9.17) is 10.5 Å². The van der Waals surface area contributed by atoms with Crippen LogP contribution in [0.5, 0.6) is 0 Å². The standard InChI is InChI=1S/C12H15BrFNO/c13-10-5-4-9(14)6-8(10)7-16-12-3-1-2-11(12)15/h4-6,11-12H,1-3,7,15H2. The number of ether oxygens (including phenoxy) is 1. The maximum atomic E-state index is 13.0. The van der Waals surface area contributed by atoms with Crippen LogP contribution in [0.3, 0.4) is 0 Å². The molecule has 0 saturated heterocycles. The number of benzene rings is 1. The molecule has 2 atom stereocenters. The summed E-state index contributed by atoms with van der Waals surface area (Å²) in [6.45, 7) is 0.413. The van der Waals surface area contributed by atoms with Gasteiger partial charge in [0.2, 0.25) is 0 Å². The van der Waals surface area contributed by atoms with Gasteiger partial charge >= 0.3 is 0 Å². The lowest BCUT2D eigenvalue weighted by Gasteiger charge is -2.16. The topological polar surface area (TPSA) is 35.2 Å². The van der Waals surface area contributed by atoms with Crippen molar-refractivity contribution in [3.63, 3.8) is 0 Å². The zero-order valence-corrected chi connectivity index (χ0v) is 10.5. The van der Waals surface area contributed by atoms with Gasteiger partial charge in [0.05, 0.1) is 12.7 Å². The third-order valence-electron chi connectivity index (χ3n) is 2.96. The van der Waals surface area contributed by atoms with Gasteiger partial charge in [-0.3, -0.25) is 0 Å². The highest BCUT2D eigenvalue weighted by atomic mass is 79.9. The Bertz CT molecular complexity index is 372. The average molecular weight is 288 g/mol. The number of halogens is 2. The van der Waals surface area contributed by atoms with Crippen molar-refractivity contribution in [1.82, 2.24) is 0 Å². The molecule has 4 heteroatoms. The first-order valence-electron chi connectivity index (χ1n) is 5.48. The third kappa shape index (κ3) is 2.81. The van der Waals surface area contributed by atoms with Crippen LogP contribution in [0.1, 0.15) is 24.8 Å². The van der Waals surface area contributed by atoms with Gasteiger partial charge in [0, 0.05) is 10.5 Å². The van der Waals surface area contributed by atoms with Gasteiger partial charge in [0.25, 0.3) is 0 Å². The van der Waals surface area contributed by atoms with E-state index in [1.54, 1.807) is 6.07 Å². The van der Waals surface area contributed by atoms with Crippen molar-refractivity contribution in [2.24, 2.45) is 5.73 Å². The number of nitrogens with two attached hydrogens (primary N) is 1. The molecule has 1 saturated carbocycles. The molecule has 0 bridgehead atoms. The van der Waals surface area contributed by atoms with Crippen LogP contribution >= 0.6 is 15.9 Å². The fourth-order valence-electron chi connectivity index (χ4n) is 2.01. The van der Waals surface area contributed by atoms with Crippen LogP contribution in [-0.2, 0) is 11.3 Å². The second-order valence-corrected chi connectivity index (χ2v) is 5.03. The number of hydrogen-bond acceptors (Lipinski definition) is 2. The van der Waals surface area contributed by atoms with Crippen molar-refractivity contribution in [3.05, 3.63) is 34.1 Å². The van der Waals surface area contributed by atoms with E-state index in [2.05, 4.69) is 15.9 Å². The van der Waals surface area contributed by atoms with E-state index >= 15 is 0 Å². The second kappa shape index (κ2) is 5.25. The average Bonchev–Trinajstić information content (AvgIpc) is 2.66. The predicted octanol–water partition coefficient (Wildman–Crippen LogP) is 2.98. The van der Waals surface area contributed by atoms with E-state index < -0.39 is 0 Å². The molecule has 0 aliphatic heterocycles. The maximum Gasteiger partial charge on any atom is 0.123 e. The van der Waals surface area contributed by atoms with Crippen molar-refractivity contribution in [1.29, 1.82) is 0 Å². The Morgan fingerprint density at radius 2 is 2.25 bits per heavy atom. The highest BCUT2D eigenvalue weighted by Crippen LogP contribution is 2.24. The monoisotopic (exact) mass is 287 g/mol. The molecule has 1 fully saturated rings. The van der Waals surface area contributed by atoms with Gasteiger partial charge in [-0.1, -0.05) is 15.9 Å². The smallest absolute Gasteiger partial charge is 0.123 e. The van der Waals surface area contributed by atoms with Crippen LogP contribution in [0.15, 0.2) is 22.7 Å². The zero-order chi connectivity index (χ0) is 11.5. The van der Waals surface area contributed by atoms with Crippen LogP contribution in [-0.4, -0.2) is 12.1 Å². The fraction of sp³-hybridized carbons (Fsp3) is 0.500. The Balaban J connectivity index is 1.96. The molecule has 2 unspecified atom stereocenters. The summed E-state index contributed by atoms with van der Waals surface area (Å²) in [4.78, 5) is 0. The summed E-state index contributed by atoms with van der Waals surface area (Å²) in [7, 11) is 0. The van der Waals surface area contributed by atoms with Crippen molar-refractivity contribution in [3.8, 4) is 0 Å². The van der Waals surface area contributed by atoms with Gasteiger partial charge in [-0.05, 0) is 43.0 Å². The molecule has 16 heavy (non-hydrogen) atoms.